The molecule has 164 valence electrons. The molecule has 0 aromatic heterocycles. The van der Waals surface area contributed by atoms with Crippen LogP contribution in [0, 0.1) is 5.82 Å². The summed E-state index contributed by atoms with van der Waals surface area (Å²) in [6.45, 7) is 6.07. The van der Waals surface area contributed by atoms with Crippen LogP contribution in [-0.2, 0) is 6.42 Å². The maximum absolute atomic E-state index is 13.6. The van der Waals surface area contributed by atoms with Crippen molar-refractivity contribution in [2.24, 2.45) is 4.99 Å². The van der Waals surface area contributed by atoms with Crippen molar-refractivity contribution in [3.8, 4) is 5.75 Å². The highest BCUT2D eigenvalue weighted by atomic mass is 19.1. The predicted octanol–water partition coefficient (Wildman–Crippen LogP) is 3.45. The Morgan fingerprint density at radius 1 is 1.13 bits per heavy atom. The molecule has 1 fully saturated rings. The van der Waals surface area contributed by atoms with Crippen molar-refractivity contribution in [2.75, 3.05) is 51.3 Å². The number of anilines is 1. The molecule has 1 N–H and O–H groups in total. The van der Waals surface area contributed by atoms with E-state index in [-0.39, 0.29) is 5.82 Å². The number of halogens is 1. The summed E-state index contributed by atoms with van der Waals surface area (Å²) in [7, 11) is 1.74. The second-order valence-corrected chi connectivity index (χ2v) is 8.76. The standard InChI is InChI=1S/C25H31FN4O/c1-31-24-5-3-2-4-23(24)30-14-12-29(13-15-30)11-10-27-25-17-21-20-8-7-19(26)16-18(20)6-9-22(21)28-25/h2-5,7-8,16,21-22H,6,9-15,17H2,1H3,(H,27,28)/t21-,22+/m0/s1. The maximum atomic E-state index is 13.6. The van der Waals surface area contributed by atoms with Crippen LogP contribution in [0.2, 0.25) is 0 Å². The molecule has 2 aliphatic heterocycles. The first-order valence-electron chi connectivity index (χ1n) is 11.4. The molecule has 0 radical (unpaired) electrons. The molecule has 2 atom stereocenters. The van der Waals surface area contributed by atoms with Crippen LogP contribution in [0.1, 0.15) is 29.9 Å². The average molecular weight is 423 g/mol. The fourth-order valence-corrected chi connectivity index (χ4v) is 5.31. The van der Waals surface area contributed by atoms with E-state index in [2.05, 4.69) is 27.2 Å². The molecular weight excluding hydrogens is 391 g/mol. The number of piperazine rings is 1. The number of aryl methyl sites for hydroxylation is 1. The summed E-state index contributed by atoms with van der Waals surface area (Å²) < 4.78 is 19.1. The van der Waals surface area contributed by atoms with E-state index in [9.17, 15) is 4.39 Å². The molecule has 6 heteroatoms. The number of nitrogens with zero attached hydrogens (tertiary/aromatic N) is 3. The number of para-hydroxylation sites is 2. The number of amidine groups is 1. The van der Waals surface area contributed by atoms with Gasteiger partial charge in [-0.25, -0.2) is 4.39 Å². The molecule has 1 saturated heterocycles. The lowest BCUT2D eigenvalue weighted by Gasteiger charge is -2.36. The highest BCUT2D eigenvalue weighted by molar-refractivity contribution is 5.85. The minimum Gasteiger partial charge on any atom is -0.495 e. The Hall–Kier alpha value is -2.60. The van der Waals surface area contributed by atoms with Gasteiger partial charge in [-0.2, -0.15) is 0 Å². The first kappa shape index (κ1) is 20.3. The fraction of sp³-hybridized carbons (Fsp3) is 0.480. The van der Waals surface area contributed by atoms with Crippen molar-refractivity contribution in [3.63, 3.8) is 0 Å². The van der Waals surface area contributed by atoms with Gasteiger partial charge in [0.15, 0.2) is 0 Å². The number of methoxy groups -OCH3 is 1. The van der Waals surface area contributed by atoms with Gasteiger partial charge in [-0.3, -0.25) is 9.89 Å². The lowest BCUT2D eigenvalue weighted by Crippen LogP contribution is -2.48. The molecule has 0 saturated carbocycles. The molecule has 2 aromatic carbocycles. The number of benzene rings is 2. The molecule has 2 aromatic rings. The van der Waals surface area contributed by atoms with E-state index in [0.717, 1.165) is 70.1 Å². The van der Waals surface area contributed by atoms with E-state index >= 15 is 0 Å². The third kappa shape index (κ3) is 4.26. The summed E-state index contributed by atoms with van der Waals surface area (Å²) in [4.78, 5) is 9.88. The molecule has 5 rings (SSSR count). The minimum absolute atomic E-state index is 0.125. The zero-order valence-electron chi connectivity index (χ0n) is 18.2. The number of aliphatic imine (C=N–C) groups is 1. The molecule has 1 aliphatic carbocycles. The van der Waals surface area contributed by atoms with E-state index in [1.807, 2.05) is 18.2 Å². The van der Waals surface area contributed by atoms with Crippen molar-refractivity contribution in [1.29, 1.82) is 0 Å². The van der Waals surface area contributed by atoms with Crippen LogP contribution in [0.3, 0.4) is 0 Å². The van der Waals surface area contributed by atoms with Crippen molar-refractivity contribution < 1.29 is 9.13 Å². The van der Waals surface area contributed by atoms with Gasteiger partial charge in [-0.1, -0.05) is 18.2 Å². The van der Waals surface area contributed by atoms with Crippen LogP contribution < -0.4 is 15.0 Å². The monoisotopic (exact) mass is 422 g/mol. The van der Waals surface area contributed by atoms with Crippen molar-refractivity contribution in [2.45, 2.75) is 31.2 Å². The van der Waals surface area contributed by atoms with Crippen LogP contribution in [0.15, 0.2) is 47.5 Å². The molecule has 5 nitrogen and oxygen atoms in total. The SMILES string of the molecule is COc1ccccc1N1CCN(CCNC2=N[C@@H]3CCc4cc(F)ccc4[C@@H]3C2)CC1. The van der Waals surface area contributed by atoms with E-state index in [1.165, 1.54) is 16.8 Å². The summed E-state index contributed by atoms with van der Waals surface area (Å²) in [6, 6.07) is 13.9. The maximum Gasteiger partial charge on any atom is 0.142 e. The summed E-state index contributed by atoms with van der Waals surface area (Å²) in [6.07, 6.45) is 2.91. The fourth-order valence-electron chi connectivity index (χ4n) is 5.31. The number of hydrogen-bond donors (Lipinski definition) is 1. The third-order valence-corrected chi connectivity index (χ3v) is 6.97. The van der Waals surface area contributed by atoms with Crippen molar-refractivity contribution >= 4 is 11.5 Å². The lowest BCUT2D eigenvalue weighted by atomic mass is 9.79. The van der Waals surface area contributed by atoms with Gasteiger partial charge in [0.05, 0.1) is 24.7 Å². The van der Waals surface area contributed by atoms with Crippen LogP contribution in [-0.4, -0.2) is 63.2 Å². The number of rotatable bonds is 5. The predicted molar refractivity (Wildman–Crippen MR) is 123 cm³/mol. The van der Waals surface area contributed by atoms with Crippen molar-refractivity contribution in [1.82, 2.24) is 10.2 Å². The molecule has 0 spiro atoms. The van der Waals surface area contributed by atoms with E-state index in [4.69, 9.17) is 9.73 Å². The summed E-state index contributed by atoms with van der Waals surface area (Å²) in [5.74, 6) is 2.36. The van der Waals surface area contributed by atoms with Crippen LogP contribution in [0.25, 0.3) is 0 Å². The van der Waals surface area contributed by atoms with Gasteiger partial charge in [0.2, 0.25) is 0 Å². The van der Waals surface area contributed by atoms with Gasteiger partial charge in [0.25, 0.3) is 0 Å². The second kappa shape index (κ2) is 8.87. The smallest absolute Gasteiger partial charge is 0.142 e. The largest absolute Gasteiger partial charge is 0.495 e. The summed E-state index contributed by atoms with van der Waals surface area (Å²) >= 11 is 0. The average Bonchev–Trinajstić information content (AvgIpc) is 3.22. The Balaban J connectivity index is 1.09. The number of hydrogen-bond acceptors (Lipinski definition) is 5. The minimum atomic E-state index is -0.125. The second-order valence-electron chi connectivity index (χ2n) is 8.76. The Kier molecular flexibility index (Phi) is 5.81. The van der Waals surface area contributed by atoms with E-state index in [0.29, 0.717) is 12.0 Å². The number of fused-ring (bicyclic) bond motifs is 3. The molecule has 0 bridgehead atoms. The molecule has 0 unspecified atom stereocenters. The Bertz CT molecular complexity index is 954. The molecule has 2 heterocycles. The van der Waals surface area contributed by atoms with Gasteiger partial charge >= 0.3 is 0 Å². The highest BCUT2D eigenvalue weighted by Gasteiger charge is 2.35. The normalized spacial score (nSPS) is 23.2. The van der Waals surface area contributed by atoms with Gasteiger partial charge in [0.1, 0.15) is 11.6 Å². The zero-order valence-corrected chi connectivity index (χ0v) is 18.2. The molecule has 0 amide bonds. The van der Waals surface area contributed by atoms with E-state index < -0.39 is 0 Å². The Morgan fingerprint density at radius 2 is 1.97 bits per heavy atom. The quantitative estimate of drug-likeness (QED) is 0.801. The Labute approximate surface area is 183 Å². The molecular formula is C25H31FN4O. The lowest BCUT2D eigenvalue weighted by molar-refractivity contribution is 0.261. The van der Waals surface area contributed by atoms with Gasteiger partial charge < -0.3 is 15.0 Å². The van der Waals surface area contributed by atoms with Gasteiger partial charge in [-0.05, 0) is 48.2 Å². The van der Waals surface area contributed by atoms with E-state index in [1.54, 1.807) is 19.2 Å². The van der Waals surface area contributed by atoms with Crippen LogP contribution >= 0.6 is 0 Å². The molecule has 3 aliphatic rings. The van der Waals surface area contributed by atoms with Crippen LogP contribution in [0.5, 0.6) is 5.75 Å². The first-order valence-corrected chi connectivity index (χ1v) is 11.4. The molecule has 31 heavy (non-hydrogen) atoms. The summed E-state index contributed by atoms with van der Waals surface area (Å²) in [5.41, 5.74) is 3.65. The highest BCUT2D eigenvalue weighted by Crippen LogP contribution is 2.39. The summed E-state index contributed by atoms with van der Waals surface area (Å²) in [5, 5.41) is 3.59. The Morgan fingerprint density at radius 3 is 2.81 bits per heavy atom. The zero-order chi connectivity index (χ0) is 21.2. The number of ether oxygens (including phenoxy) is 1. The van der Waals surface area contributed by atoms with Gasteiger partial charge in [-0.15, -0.1) is 0 Å². The van der Waals surface area contributed by atoms with Crippen molar-refractivity contribution in [3.05, 3.63) is 59.4 Å². The number of nitrogens with one attached hydrogen (secondary N) is 1. The van der Waals surface area contributed by atoms with Crippen LogP contribution in [0.4, 0.5) is 10.1 Å². The first-order chi connectivity index (χ1) is 15.2. The van der Waals surface area contributed by atoms with Gasteiger partial charge in [0, 0.05) is 51.6 Å². The topological polar surface area (TPSA) is 40.1 Å². The third-order valence-electron chi connectivity index (χ3n) is 6.97.